The predicted octanol–water partition coefficient (Wildman–Crippen LogP) is 3.03. The van der Waals surface area contributed by atoms with E-state index < -0.39 is 5.60 Å². The molecule has 124 valence electrons. The number of carbonyl (C=O) groups is 1. The molecule has 0 spiro atoms. The molecule has 0 aliphatic heterocycles. The number of anilines is 1. The first-order chi connectivity index (χ1) is 10.2. The minimum atomic E-state index is -0.824. The Balaban J connectivity index is 1.96. The molecule has 1 amide bonds. The second-order valence-corrected chi connectivity index (χ2v) is 7.89. The summed E-state index contributed by atoms with van der Waals surface area (Å²) in [6.07, 6.45) is 5.65. The number of nitrogens with one attached hydrogen (secondary N) is 1. The van der Waals surface area contributed by atoms with Crippen LogP contribution in [0.4, 0.5) is 5.82 Å². The Morgan fingerprint density at radius 3 is 2.59 bits per heavy atom. The van der Waals surface area contributed by atoms with Gasteiger partial charge in [-0.3, -0.25) is 9.48 Å². The number of carbonyl (C=O) groups excluding carboxylic acids is 1. The Kier molecular flexibility index (Phi) is 4.95. The molecule has 2 N–H and O–H groups in total. The normalized spacial score (nSPS) is 18.2. The molecule has 2 rings (SSSR count). The molecule has 0 radical (unpaired) electrons. The average molecular weight is 307 g/mol. The topological polar surface area (TPSA) is 67.2 Å². The van der Waals surface area contributed by atoms with Crippen LogP contribution < -0.4 is 5.32 Å². The molecule has 22 heavy (non-hydrogen) atoms. The molecule has 1 aliphatic carbocycles. The van der Waals surface area contributed by atoms with E-state index in [0.717, 1.165) is 44.2 Å². The Morgan fingerprint density at radius 1 is 1.36 bits per heavy atom. The Labute approximate surface area is 133 Å². The molecular weight excluding hydrogens is 278 g/mol. The van der Waals surface area contributed by atoms with Crippen LogP contribution in [0.3, 0.4) is 0 Å². The van der Waals surface area contributed by atoms with E-state index >= 15 is 0 Å². The van der Waals surface area contributed by atoms with E-state index in [1.54, 1.807) is 4.68 Å². The van der Waals surface area contributed by atoms with Crippen molar-refractivity contribution in [1.29, 1.82) is 0 Å². The molecule has 0 unspecified atom stereocenters. The van der Waals surface area contributed by atoms with Gasteiger partial charge in [0.1, 0.15) is 5.82 Å². The molecule has 1 fully saturated rings. The summed E-state index contributed by atoms with van der Waals surface area (Å²) >= 11 is 0. The van der Waals surface area contributed by atoms with Gasteiger partial charge in [-0.25, -0.2) is 0 Å². The number of aromatic nitrogens is 2. The molecule has 1 heterocycles. The molecule has 1 saturated carbocycles. The largest absolute Gasteiger partial charge is 0.389 e. The van der Waals surface area contributed by atoms with Crippen molar-refractivity contribution in [2.24, 2.45) is 12.5 Å². The van der Waals surface area contributed by atoms with Crippen LogP contribution in [0.25, 0.3) is 0 Å². The van der Waals surface area contributed by atoms with Crippen molar-refractivity contribution in [1.82, 2.24) is 9.78 Å². The number of nitrogens with zero attached hydrogens (tertiary/aromatic N) is 2. The Morgan fingerprint density at radius 2 is 2.00 bits per heavy atom. The summed E-state index contributed by atoms with van der Waals surface area (Å²) in [5.74, 6) is 0.568. The van der Waals surface area contributed by atoms with Gasteiger partial charge in [-0.05, 0) is 24.7 Å². The van der Waals surface area contributed by atoms with Gasteiger partial charge in [0.05, 0.1) is 17.7 Å². The third kappa shape index (κ3) is 4.83. The van der Waals surface area contributed by atoms with Gasteiger partial charge in [0.15, 0.2) is 0 Å². The first-order valence-electron chi connectivity index (χ1n) is 8.22. The molecule has 0 bridgehead atoms. The van der Waals surface area contributed by atoms with Gasteiger partial charge in [0.2, 0.25) is 5.91 Å². The zero-order valence-corrected chi connectivity index (χ0v) is 14.3. The van der Waals surface area contributed by atoms with Crippen LogP contribution in [0.15, 0.2) is 6.07 Å². The lowest BCUT2D eigenvalue weighted by atomic mass is 9.82. The first-order valence-corrected chi connectivity index (χ1v) is 8.22. The number of hydrogen-bond acceptors (Lipinski definition) is 3. The molecule has 5 nitrogen and oxygen atoms in total. The molecule has 0 saturated heterocycles. The summed E-state index contributed by atoms with van der Waals surface area (Å²) in [4.78, 5) is 12.2. The maximum atomic E-state index is 12.2. The number of aliphatic hydroxyl groups is 1. The second-order valence-electron chi connectivity index (χ2n) is 7.89. The maximum Gasteiger partial charge on any atom is 0.228 e. The molecule has 0 atom stereocenters. The quantitative estimate of drug-likeness (QED) is 0.898. The van der Waals surface area contributed by atoms with Crippen LogP contribution in [-0.4, -0.2) is 26.4 Å². The Bertz CT molecular complexity index is 522. The maximum absolute atomic E-state index is 12.2. The summed E-state index contributed by atoms with van der Waals surface area (Å²) in [7, 11) is 1.83. The SMILES string of the molecule is Cn1nc(CC(C)(C)C)cc1NC(=O)CC1(O)CCCCC1. The molecular formula is C17H29N3O2. The third-order valence-electron chi connectivity index (χ3n) is 4.18. The zero-order valence-electron chi connectivity index (χ0n) is 14.3. The molecule has 0 aromatic carbocycles. The van der Waals surface area contributed by atoms with Crippen molar-refractivity contribution in [3.05, 3.63) is 11.8 Å². The van der Waals surface area contributed by atoms with E-state index in [1.165, 1.54) is 0 Å². The number of aryl methyl sites for hydroxylation is 1. The van der Waals surface area contributed by atoms with Gasteiger partial charge in [0.25, 0.3) is 0 Å². The number of hydrogen-bond donors (Lipinski definition) is 2. The summed E-state index contributed by atoms with van der Waals surface area (Å²) in [5, 5.41) is 17.8. The monoisotopic (exact) mass is 307 g/mol. The Hall–Kier alpha value is -1.36. The summed E-state index contributed by atoms with van der Waals surface area (Å²) < 4.78 is 1.70. The van der Waals surface area contributed by atoms with Gasteiger partial charge < -0.3 is 10.4 Å². The molecule has 1 aromatic heterocycles. The summed E-state index contributed by atoms with van der Waals surface area (Å²) in [5.41, 5.74) is 0.309. The van der Waals surface area contributed by atoms with Gasteiger partial charge >= 0.3 is 0 Å². The van der Waals surface area contributed by atoms with E-state index in [9.17, 15) is 9.90 Å². The lowest BCUT2D eigenvalue weighted by molar-refractivity contribution is -0.122. The van der Waals surface area contributed by atoms with E-state index in [1.807, 2.05) is 13.1 Å². The molecule has 5 heteroatoms. The van der Waals surface area contributed by atoms with Crippen molar-refractivity contribution in [3.8, 4) is 0 Å². The predicted molar refractivity (Wildman–Crippen MR) is 87.6 cm³/mol. The van der Waals surface area contributed by atoms with Crippen LogP contribution in [-0.2, 0) is 18.3 Å². The van der Waals surface area contributed by atoms with Crippen LogP contribution in [0.5, 0.6) is 0 Å². The number of rotatable bonds is 4. The minimum Gasteiger partial charge on any atom is -0.389 e. The fourth-order valence-electron chi connectivity index (χ4n) is 3.15. The highest BCUT2D eigenvalue weighted by molar-refractivity contribution is 5.90. The van der Waals surface area contributed by atoms with E-state index in [0.29, 0.717) is 5.82 Å². The third-order valence-corrected chi connectivity index (χ3v) is 4.18. The van der Waals surface area contributed by atoms with Crippen molar-refractivity contribution >= 4 is 11.7 Å². The standard InChI is InChI=1S/C17H29N3O2/c1-16(2,3)11-13-10-14(20(4)19-13)18-15(21)12-17(22)8-6-5-7-9-17/h10,22H,5-9,11-12H2,1-4H3,(H,18,21). The van der Waals surface area contributed by atoms with Crippen LogP contribution in [0.2, 0.25) is 0 Å². The molecule has 1 aromatic rings. The first kappa shape index (κ1) is 17.0. The van der Waals surface area contributed by atoms with Crippen molar-refractivity contribution in [2.45, 2.75) is 71.3 Å². The van der Waals surface area contributed by atoms with Gasteiger partial charge in [-0.2, -0.15) is 5.10 Å². The summed E-state index contributed by atoms with van der Waals surface area (Å²) in [6, 6.07) is 1.92. The van der Waals surface area contributed by atoms with Crippen LogP contribution in [0, 0.1) is 5.41 Å². The van der Waals surface area contributed by atoms with Gasteiger partial charge in [-0.1, -0.05) is 40.0 Å². The highest BCUT2D eigenvalue weighted by Gasteiger charge is 2.32. The van der Waals surface area contributed by atoms with E-state index in [-0.39, 0.29) is 17.7 Å². The highest BCUT2D eigenvalue weighted by Crippen LogP contribution is 2.31. The van der Waals surface area contributed by atoms with Crippen LogP contribution >= 0.6 is 0 Å². The minimum absolute atomic E-state index is 0.130. The lowest BCUT2D eigenvalue weighted by Crippen LogP contribution is -2.36. The second kappa shape index (κ2) is 6.41. The smallest absolute Gasteiger partial charge is 0.228 e. The van der Waals surface area contributed by atoms with Crippen molar-refractivity contribution in [2.75, 3.05) is 5.32 Å². The van der Waals surface area contributed by atoms with Crippen LogP contribution in [0.1, 0.15) is 65.0 Å². The zero-order chi connectivity index (χ0) is 16.4. The number of amides is 1. The van der Waals surface area contributed by atoms with Crippen molar-refractivity contribution < 1.29 is 9.90 Å². The average Bonchev–Trinajstić information content (AvgIpc) is 2.66. The highest BCUT2D eigenvalue weighted by atomic mass is 16.3. The van der Waals surface area contributed by atoms with Crippen molar-refractivity contribution in [3.63, 3.8) is 0 Å². The van der Waals surface area contributed by atoms with E-state index in [4.69, 9.17) is 0 Å². The van der Waals surface area contributed by atoms with E-state index in [2.05, 4.69) is 31.2 Å². The fourth-order valence-corrected chi connectivity index (χ4v) is 3.15. The molecule has 1 aliphatic rings. The van der Waals surface area contributed by atoms with Gasteiger partial charge in [-0.15, -0.1) is 0 Å². The summed E-state index contributed by atoms with van der Waals surface area (Å²) in [6.45, 7) is 6.50. The fraction of sp³-hybridized carbons (Fsp3) is 0.765. The van der Waals surface area contributed by atoms with Gasteiger partial charge in [0, 0.05) is 13.1 Å². The lowest BCUT2D eigenvalue weighted by Gasteiger charge is -2.31.